The van der Waals surface area contributed by atoms with Crippen LogP contribution in [0.1, 0.15) is 37.3 Å². The van der Waals surface area contributed by atoms with E-state index < -0.39 is 0 Å². The van der Waals surface area contributed by atoms with Gasteiger partial charge in [0.2, 0.25) is 0 Å². The van der Waals surface area contributed by atoms with Gasteiger partial charge in [0.15, 0.2) is 0 Å². The normalized spacial score (nSPS) is 12.8. The molecule has 0 saturated heterocycles. The smallest absolute Gasteiger partial charge is 0.308 e. The highest BCUT2D eigenvalue weighted by Gasteiger charge is 2.30. The molecule has 28 heavy (non-hydrogen) atoms. The maximum absolute atomic E-state index is 10.6. The zero-order valence-electron chi connectivity index (χ0n) is 16.8. The second-order valence-electron chi connectivity index (χ2n) is 6.85. The third-order valence-electron chi connectivity index (χ3n) is 4.60. The van der Waals surface area contributed by atoms with Crippen molar-refractivity contribution in [2.75, 3.05) is 6.61 Å². The summed E-state index contributed by atoms with van der Waals surface area (Å²) in [5.74, 6) is 0.252. The minimum atomic E-state index is -0.00694. The molecule has 0 bridgehead atoms. The average Bonchev–Trinajstić information content (AvgIpc) is 3.51. The Bertz CT molecular complexity index is 896. The lowest BCUT2D eigenvalue weighted by Crippen LogP contribution is -2.04. The first kappa shape index (κ1) is 20.3. The van der Waals surface area contributed by atoms with Crippen molar-refractivity contribution in [3.63, 3.8) is 0 Å². The second-order valence-corrected chi connectivity index (χ2v) is 8.06. The van der Waals surface area contributed by atoms with E-state index in [4.69, 9.17) is 9.72 Å². The van der Waals surface area contributed by atoms with E-state index in [0.717, 1.165) is 30.0 Å². The maximum Gasteiger partial charge on any atom is 0.308 e. The molecule has 0 N–H and O–H groups in total. The summed E-state index contributed by atoms with van der Waals surface area (Å²) in [6.45, 7) is 6.61. The number of hydrogen-bond acceptors (Lipinski definition) is 4. The van der Waals surface area contributed by atoms with Crippen LogP contribution in [-0.2, 0) is 16.0 Å². The van der Waals surface area contributed by atoms with Crippen molar-refractivity contribution in [1.29, 1.82) is 0 Å². The minimum Gasteiger partial charge on any atom is -0.466 e. The number of nitrogens with zero attached hydrogens (tertiary/aromatic N) is 1. The molecule has 1 heterocycles. The lowest BCUT2D eigenvalue weighted by molar-refractivity contribution is -0.144. The van der Waals surface area contributed by atoms with Crippen LogP contribution in [0.4, 0.5) is 0 Å². The number of thiazole rings is 1. The maximum atomic E-state index is 10.6. The fourth-order valence-corrected chi connectivity index (χ4v) is 3.83. The lowest BCUT2D eigenvalue weighted by Gasteiger charge is -2.04. The highest BCUT2D eigenvalue weighted by molar-refractivity contribution is 7.15. The SMILES string of the molecule is CCOC(=O)C1CC1.CCc1ccc(-c2sc(C)nc2-c2ccccc2)cc1. The molecular formula is C24H27NO2S. The van der Waals surface area contributed by atoms with Gasteiger partial charge in [-0.15, -0.1) is 11.3 Å². The first-order chi connectivity index (χ1) is 13.6. The van der Waals surface area contributed by atoms with Crippen molar-refractivity contribution >= 4 is 17.3 Å². The Labute approximate surface area is 171 Å². The highest BCUT2D eigenvalue weighted by Crippen LogP contribution is 2.36. The molecule has 4 rings (SSSR count). The zero-order valence-corrected chi connectivity index (χ0v) is 17.6. The molecule has 1 saturated carbocycles. The Hall–Kier alpha value is -2.46. The summed E-state index contributed by atoms with van der Waals surface area (Å²) in [5, 5.41) is 1.11. The predicted molar refractivity (Wildman–Crippen MR) is 116 cm³/mol. The molecular weight excluding hydrogens is 366 g/mol. The summed E-state index contributed by atoms with van der Waals surface area (Å²) >= 11 is 1.76. The summed E-state index contributed by atoms with van der Waals surface area (Å²) < 4.78 is 4.73. The van der Waals surface area contributed by atoms with E-state index in [9.17, 15) is 4.79 Å². The van der Waals surface area contributed by atoms with E-state index in [0.29, 0.717) is 6.61 Å². The molecule has 2 aromatic carbocycles. The number of aromatic nitrogens is 1. The Kier molecular flexibility index (Phi) is 6.99. The third kappa shape index (κ3) is 5.29. The van der Waals surface area contributed by atoms with Crippen LogP contribution in [0.25, 0.3) is 21.7 Å². The molecule has 3 nitrogen and oxygen atoms in total. The van der Waals surface area contributed by atoms with Gasteiger partial charge in [-0.1, -0.05) is 61.5 Å². The van der Waals surface area contributed by atoms with E-state index in [1.54, 1.807) is 11.3 Å². The van der Waals surface area contributed by atoms with Gasteiger partial charge in [-0.05, 0) is 44.2 Å². The lowest BCUT2D eigenvalue weighted by atomic mass is 10.0. The van der Waals surface area contributed by atoms with Crippen molar-refractivity contribution in [2.24, 2.45) is 5.92 Å². The van der Waals surface area contributed by atoms with Gasteiger partial charge in [0, 0.05) is 5.56 Å². The number of ether oxygens (including phenoxy) is 1. The highest BCUT2D eigenvalue weighted by atomic mass is 32.1. The largest absolute Gasteiger partial charge is 0.466 e. The molecule has 146 valence electrons. The molecule has 0 radical (unpaired) electrons. The Morgan fingerprint density at radius 1 is 1.04 bits per heavy atom. The van der Waals surface area contributed by atoms with Crippen LogP contribution in [0.5, 0.6) is 0 Å². The average molecular weight is 394 g/mol. The Morgan fingerprint density at radius 3 is 2.29 bits per heavy atom. The first-order valence-corrected chi connectivity index (χ1v) is 10.7. The fourth-order valence-electron chi connectivity index (χ4n) is 2.89. The predicted octanol–water partition coefficient (Wildman–Crippen LogP) is 6.31. The molecule has 1 aromatic heterocycles. The summed E-state index contributed by atoms with van der Waals surface area (Å²) in [6.07, 6.45) is 3.16. The van der Waals surface area contributed by atoms with Crippen LogP contribution in [0.15, 0.2) is 54.6 Å². The Balaban J connectivity index is 0.000000236. The van der Waals surface area contributed by atoms with Gasteiger partial charge in [-0.25, -0.2) is 4.98 Å². The van der Waals surface area contributed by atoms with Crippen molar-refractivity contribution in [3.05, 3.63) is 65.2 Å². The van der Waals surface area contributed by atoms with Gasteiger partial charge in [0.1, 0.15) is 0 Å². The molecule has 0 atom stereocenters. The van der Waals surface area contributed by atoms with Crippen molar-refractivity contribution < 1.29 is 9.53 Å². The quantitative estimate of drug-likeness (QED) is 0.477. The van der Waals surface area contributed by atoms with E-state index in [1.165, 1.54) is 21.6 Å². The van der Waals surface area contributed by atoms with Crippen LogP contribution in [0, 0.1) is 12.8 Å². The first-order valence-electron chi connectivity index (χ1n) is 9.91. The summed E-state index contributed by atoms with van der Waals surface area (Å²) in [6, 6.07) is 19.2. The molecule has 1 fully saturated rings. The molecule has 0 spiro atoms. The number of carbonyl (C=O) groups is 1. The van der Waals surface area contributed by atoms with Gasteiger partial charge in [0.05, 0.1) is 28.1 Å². The van der Waals surface area contributed by atoms with Crippen molar-refractivity contribution in [3.8, 4) is 21.7 Å². The summed E-state index contributed by atoms with van der Waals surface area (Å²) in [5.41, 5.74) is 4.91. The van der Waals surface area contributed by atoms with Crippen LogP contribution in [0.3, 0.4) is 0 Å². The number of aryl methyl sites for hydroxylation is 2. The zero-order chi connectivity index (χ0) is 19.9. The fraction of sp³-hybridized carbons (Fsp3) is 0.333. The molecule has 1 aliphatic rings. The van der Waals surface area contributed by atoms with Crippen molar-refractivity contribution in [1.82, 2.24) is 4.98 Å². The van der Waals surface area contributed by atoms with Gasteiger partial charge in [-0.2, -0.15) is 0 Å². The van der Waals surface area contributed by atoms with Crippen LogP contribution < -0.4 is 0 Å². The van der Waals surface area contributed by atoms with Crippen molar-refractivity contribution in [2.45, 2.75) is 40.0 Å². The molecule has 0 unspecified atom stereocenters. The molecule has 0 amide bonds. The van der Waals surface area contributed by atoms with E-state index in [-0.39, 0.29) is 11.9 Å². The molecule has 1 aliphatic carbocycles. The Morgan fingerprint density at radius 2 is 1.71 bits per heavy atom. The van der Waals surface area contributed by atoms with E-state index >= 15 is 0 Å². The topological polar surface area (TPSA) is 39.2 Å². The summed E-state index contributed by atoms with van der Waals surface area (Å²) in [4.78, 5) is 16.6. The van der Waals surface area contributed by atoms with E-state index in [2.05, 4.69) is 62.4 Å². The van der Waals surface area contributed by atoms with E-state index in [1.807, 2.05) is 13.0 Å². The van der Waals surface area contributed by atoms with Gasteiger partial charge >= 0.3 is 5.97 Å². The van der Waals surface area contributed by atoms with Crippen LogP contribution >= 0.6 is 11.3 Å². The molecule has 4 heteroatoms. The van der Waals surface area contributed by atoms with Gasteiger partial charge in [0.25, 0.3) is 0 Å². The molecule has 3 aromatic rings. The number of benzene rings is 2. The third-order valence-corrected chi connectivity index (χ3v) is 5.62. The number of hydrogen-bond donors (Lipinski definition) is 0. The van der Waals surface area contributed by atoms with Gasteiger partial charge in [-0.3, -0.25) is 4.79 Å². The molecule has 0 aliphatic heterocycles. The number of rotatable bonds is 5. The van der Waals surface area contributed by atoms with Crippen LogP contribution in [-0.4, -0.2) is 17.6 Å². The number of carbonyl (C=O) groups excluding carboxylic acids is 1. The number of esters is 1. The monoisotopic (exact) mass is 393 g/mol. The van der Waals surface area contributed by atoms with Gasteiger partial charge < -0.3 is 4.74 Å². The standard InChI is InChI=1S/C18H17NS.C6H10O2/c1-3-14-9-11-16(12-10-14)18-17(19-13(2)20-18)15-7-5-4-6-8-15;1-2-8-6(7)5-3-4-5/h4-12H,3H2,1-2H3;5H,2-4H2,1H3. The minimum absolute atomic E-state index is 0.00694. The second kappa shape index (κ2) is 9.65. The van der Waals surface area contributed by atoms with Crippen LogP contribution in [0.2, 0.25) is 0 Å². The summed E-state index contributed by atoms with van der Waals surface area (Å²) in [7, 11) is 0.